The quantitative estimate of drug-likeness (QED) is 0.172. The highest BCUT2D eigenvalue weighted by Gasteiger charge is 2.15. The summed E-state index contributed by atoms with van der Waals surface area (Å²) in [5, 5.41) is 18.3. The summed E-state index contributed by atoms with van der Waals surface area (Å²) in [6.07, 6.45) is 1.72. The van der Waals surface area contributed by atoms with Crippen LogP contribution in [0.2, 0.25) is 0 Å². The zero-order chi connectivity index (χ0) is 31.6. The molecule has 0 saturated heterocycles. The largest absolute Gasteiger partial charge is 0.478 e. The van der Waals surface area contributed by atoms with Crippen LogP contribution < -0.4 is 10.5 Å². The molecule has 0 amide bonds. The fourth-order valence-corrected chi connectivity index (χ4v) is 4.54. The average Bonchev–Trinajstić information content (AvgIpc) is 3.35. The number of aromatic carboxylic acids is 1. The van der Waals surface area contributed by atoms with E-state index in [-0.39, 0.29) is 17.7 Å². The normalized spacial score (nSPS) is 10.6. The molecule has 0 aliphatic heterocycles. The van der Waals surface area contributed by atoms with Crippen LogP contribution in [0.4, 0.5) is 10.1 Å². The van der Waals surface area contributed by atoms with Crippen molar-refractivity contribution in [2.45, 2.75) is 39.8 Å². The second-order valence-electron chi connectivity index (χ2n) is 10.1. The maximum absolute atomic E-state index is 14.2. The average molecular weight is 596 g/mol. The van der Waals surface area contributed by atoms with Crippen molar-refractivity contribution < 1.29 is 23.8 Å². The third kappa shape index (κ3) is 7.56. The van der Waals surface area contributed by atoms with Crippen LogP contribution in [0.5, 0.6) is 5.88 Å². The fraction of sp³-hybridized carbons (Fsp3) is 0.235. The molecule has 0 aliphatic carbocycles. The Balaban J connectivity index is 0.00000141. The van der Waals surface area contributed by atoms with Crippen LogP contribution in [0, 0.1) is 17.1 Å². The number of methoxy groups -OCH3 is 1. The van der Waals surface area contributed by atoms with Gasteiger partial charge in [0.25, 0.3) is 0 Å². The van der Waals surface area contributed by atoms with Crippen LogP contribution in [0.1, 0.15) is 53.1 Å². The van der Waals surface area contributed by atoms with Gasteiger partial charge in [-0.05, 0) is 48.0 Å². The Morgan fingerprint density at radius 3 is 2.55 bits per heavy atom. The number of carbonyl (C=O) groups is 1. The SMILES string of the molecule is CCC.COCCn1c(Cc2ccc(-c3cccc(OCc4ccc(C#N)cc4F)n3)c(N)c2)nc2ccc(C(=O)O)cc21. The molecule has 10 heteroatoms. The minimum Gasteiger partial charge on any atom is -0.478 e. The van der Waals surface area contributed by atoms with Crippen LogP contribution in [0.25, 0.3) is 22.3 Å². The van der Waals surface area contributed by atoms with E-state index in [2.05, 4.69) is 18.8 Å². The molecule has 3 N–H and O–H groups in total. The first-order valence-corrected chi connectivity index (χ1v) is 14.2. The number of nitriles is 1. The third-order valence-corrected chi connectivity index (χ3v) is 6.63. The van der Waals surface area contributed by atoms with Crippen molar-refractivity contribution in [3.63, 3.8) is 0 Å². The second kappa shape index (κ2) is 14.8. The minimum atomic E-state index is -0.999. The van der Waals surface area contributed by atoms with E-state index in [1.165, 1.54) is 24.6 Å². The number of anilines is 1. The summed E-state index contributed by atoms with van der Waals surface area (Å²) < 4.78 is 27.2. The molecule has 0 fully saturated rings. The number of nitrogen functional groups attached to an aromatic ring is 1. The molecule has 0 bridgehead atoms. The molecule has 3 aromatic carbocycles. The van der Waals surface area contributed by atoms with Crippen LogP contribution >= 0.6 is 0 Å². The number of aromatic nitrogens is 3. The molecule has 0 atom stereocenters. The van der Waals surface area contributed by atoms with E-state index < -0.39 is 11.8 Å². The van der Waals surface area contributed by atoms with E-state index in [0.717, 1.165) is 16.9 Å². The van der Waals surface area contributed by atoms with E-state index in [9.17, 15) is 14.3 Å². The van der Waals surface area contributed by atoms with E-state index in [4.69, 9.17) is 25.5 Å². The summed E-state index contributed by atoms with van der Waals surface area (Å²) in [6.45, 7) is 5.17. The number of halogens is 1. The monoisotopic (exact) mass is 595 g/mol. The van der Waals surface area contributed by atoms with Gasteiger partial charge < -0.3 is 24.9 Å². The number of rotatable bonds is 10. The molecule has 44 heavy (non-hydrogen) atoms. The lowest BCUT2D eigenvalue weighted by molar-refractivity contribution is 0.0697. The highest BCUT2D eigenvalue weighted by atomic mass is 19.1. The van der Waals surface area contributed by atoms with Crippen LogP contribution in [0.3, 0.4) is 0 Å². The zero-order valence-corrected chi connectivity index (χ0v) is 24.9. The first-order chi connectivity index (χ1) is 21.3. The van der Waals surface area contributed by atoms with Gasteiger partial charge in [-0.1, -0.05) is 44.5 Å². The number of carboxylic acid groups (broad SMARTS) is 1. The van der Waals surface area contributed by atoms with Crippen molar-refractivity contribution in [3.8, 4) is 23.2 Å². The summed E-state index contributed by atoms with van der Waals surface area (Å²) in [5.74, 6) is -0.448. The highest BCUT2D eigenvalue weighted by Crippen LogP contribution is 2.29. The number of carboxylic acids is 1. The van der Waals surface area contributed by atoms with Crippen LogP contribution in [0.15, 0.2) is 72.8 Å². The van der Waals surface area contributed by atoms with Gasteiger partial charge in [-0.2, -0.15) is 5.26 Å². The predicted molar refractivity (Wildman–Crippen MR) is 167 cm³/mol. The molecular formula is C34H34FN5O4. The number of pyridine rings is 1. The Kier molecular flexibility index (Phi) is 10.6. The zero-order valence-electron chi connectivity index (χ0n) is 24.9. The summed E-state index contributed by atoms with van der Waals surface area (Å²) in [6, 6.07) is 21.9. The maximum Gasteiger partial charge on any atom is 0.335 e. The smallest absolute Gasteiger partial charge is 0.335 e. The van der Waals surface area contributed by atoms with Crippen LogP contribution in [-0.4, -0.2) is 39.3 Å². The van der Waals surface area contributed by atoms with Gasteiger partial charge in [0.2, 0.25) is 5.88 Å². The number of nitrogens with two attached hydrogens (primary N) is 1. The third-order valence-electron chi connectivity index (χ3n) is 6.63. The summed E-state index contributed by atoms with van der Waals surface area (Å²) in [5.41, 5.74) is 11.4. The van der Waals surface area contributed by atoms with Gasteiger partial charge in [-0.25, -0.2) is 19.2 Å². The maximum atomic E-state index is 14.2. The number of imidazole rings is 1. The Labute approximate surface area is 255 Å². The summed E-state index contributed by atoms with van der Waals surface area (Å²) >= 11 is 0. The van der Waals surface area contributed by atoms with E-state index in [1.807, 2.05) is 34.9 Å². The lowest BCUT2D eigenvalue weighted by atomic mass is 10.0. The van der Waals surface area contributed by atoms with Gasteiger partial charge in [0.15, 0.2) is 0 Å². The lowest BCUT2D eigenvalue weighted by Gasteiger charge is -2.12. The predicted octanol–water partition coefficient (Wildman–Crippen LogP) is 6.62. The lowest BCUT2D eigenvalue weighted by Crippen LogP contribution is -2.09. The van der Waals surface area contributed by atoms with Gasteiger partial charge in [0.05, 0.1) is 40.5 Å². The van der Waals surface area contributed by atoms with E-state index >= 15 is 0 Å². The summed E-state index contributed by atoms with van der Waals surface area (Å²) in [7, 11) is 1.61. The molecular weight excluding hydrogens is 561 g/mol. The van der Waals surface area contributed by atoms with E-state index in [0.29, 0.717) is 53.5 Å². The van der Waals surface area contributed by atoms with Crippen molar-refractivity contribution in [1.29, 1.82) is 5.26 Å². The van der Waals surface area contributed by atoms with Gasteiger partial charge in [0, 0.05) is 43.0 Å². The van der Waals surface area contributed by atoms with Crippen molar-refractivity contribution in [3.05, 3.63) is 107 Å². The number of hydrogen-bond acceptors (Lipinski definition) is 7. The first-order valence-electron chi connectivity index (χ1n) is 14.2. The van der Waals surface area contributed by atoms with Gasteiger partial charge in [-0.3, -0.25) is 0 Å². The Hall–Kier alpha value is -5.27. The number of benzene rings is 3. The van der Waals surface area contributed by atoms with Crippen molar-refractivity contribution in [2.24, 2.45) is 0 Å². The van der Waals surface area contributed by atoms with Gasteiger partial charge in [0.1, 0.15) is 18.2 Å². The minimum absolute atomic E-state index is 0.0412. The molecule has 9 nitrogen and oxygen atoms in total. The molecule has 5 rings (SSSR count). The van der Waals surface area contributed by atoms with Gasteiger partial charge >= 0.3 is 5.97 Å². The second-order valence-corrected chi connectivity index (χ2v) is 10.1. The molecule has 0 aliphatic rings. The molecule has 0 saturated carbocycles. The van der Waals surface area contributed by atoms with E-state index in [1.54, 1.807) is 37.4 Å². The molecule has 0 unspecified atom stereocenters. The molecule has 0 radical (unpaired) electrons. The molecule has 226 valence electrons. The Morgan fingerprint density at radius 2 is 1.86 bits per heavy atom. The molecule has 0 spiro atoms. The molecule has 2 aromatic heterocycles. The topological polar surface area (TPSA) is 136 Å². The molecule has 5 aromatic rings. The highest BCUT2D eigenvalue weighted by molar-refractivity contribution is 5.92. The van der Waals surface area contributed by atoms with Crippen molar-refractivity contribution in [1.82, 2.24) is 14.5 Å². The van der Waals surface area contributed by atoms with Gasteiger partial charge in [-0.15, -0.1) is 0 Å². The summed E-state index contributed by atoms with van der Waals surface area (Å²) in [4.78, 5) is 20.8. The number of nitrogens with zero attached hydrogens (tertiary/aromatic N) is 4. The fourth-order valence-electron chi connectivity index (χ4n) is 4.54. The first kappa shape index (κ1) is 31.7. The number of hydrogen-bond donors (Lipinski definition) is 2. The van der Waals surface area contributed by atoms with Crippen molar-refractivity contribution in [2.75, 3.05) is 19.5 Å². The molecule has 2 heterocycles. The standard InChI is InChI=1S/C31H26FN5O4.C3H8/c1-40-12-11-37-28-16-21(31(38)39)8-10-27(28)35-29(37)15-19-6-9-23(25(34)14-19)26-3-2-4-30(36-26)41-18-22-7-5-20(17-33)13-24(22)32;1-3-2/h2-10,13-14,16H,11-12,15,18,34H2,1H3,(H,38,39);3H2,1-2H3. The Morgan fingerprint density at radius 1 is 1.07 bits per heavy atom. The van der Waals surface area contributed by atoms with Crippen molar-refractivity contribution >= 4 is 22.7 Å². The number of ether oxygens (including phenoxy) is 2. The number of fused-ring (bicyclic) bond motifs is 1. The Bertz CT molecular complexity index is 1810. The van der Waals surface area contributed by atoms with Crippen LogP contribution in [-0.2, 0) is 24.3 Å².